The van der Waals surface area contributed by atoms with Crippen molar-refractivity contribution in [1.82, 2.24) is 0 Å². The third-order valence-corrected chi connectivity index (χ3v) is 1.39. The summed E-state index contributed by atoms with van der Waals surface area (Å²) in [5.41, 5.74) is 0.360. The molecule has 0 aromatic heterocycles. The lowest BCUT2D eigenvalue weighted by Gasteiger charge is -2.02. The highest BCUT2D eigenvalue weighted by atomic mass is 16.5. The topological polar surface area (TPSA) is 46.5 Å². The van der Waals surface area contributed by atoms with Crippen LogP contribution in [0.2, 0.25) is 0 Å². The molecule has 0 saturated heterocycles. The van der Waals surface area contributed by atoms with E-state index in [1.165, 1.54) is 0 Å². The van der Waals surface area contributed by atoms with Crippen LogP contribution in [0.15, 0.2) is 11.6 Å². The number of rotatable bonds is 5. The van der Waals surface area contributed by atoms with Gasteiger partial charge in [-0.15, -0.1) is 0 Å². The van der Waals surface area contributed by atoms with Gasteiger partial charge < -0.3 is 9.84 Å². The summed E-state index contributed by atoms with van der Waals surface area (Å²) in [7, 11) is 0. The monoisotopic (exact) mass is 172 g/mol. The van der Waals surface area contributed by atoms with Crippen LogP contribution in [0.3, 0.4) is 0 Å². The molecule has 0 aromatic carbocycles. The molecule has 0 heterocycles. The summed E-state index contributed by atoms with van der Waals surface area (Å²) in [5, 5.41) is 8.78. The van der Waals surface area contributed by atoms with E-state index < -0.39 is 5.97 Å². The van der Waals surface area contributed by atoms with Crippen molar-refractivity contribution in [3.05, 3.63) is 11.6 Å². The highest BCUT2D eigenvalue weighted by Crippen LogP contribution is 2.00. The maximum Gasteiger partial charge on any atom is 0.336 e. The smallest absolute Gasteiger partial charge is 0.336 e. The van der Waals surface area contributed by atoms with Crippen LogP contribution in [-0.4, -0.2) is 24.3 Å². The van der Waals surface area contributed by atoms with Gasteiger partial charge in [0.25, 0.3) is 0 Å². The van der Waals surface area contributed by atoms with Crippen LogP contribution in [0.4, 0.5) is 0 Å². The van der Waals surface area contributed by atoms with Crippen molar-refractivity contribution in [2.75, 3.05) is 13.2 Å². The Morgan fingerprint density at radius 3 is 2.58 bits per heavy atom. The van der Waals surface area contributed by atoms with Gasteiger partial charge >= 0.3 is 5.97 Å². The van der Waals surface area contributed by atoms with Gasteiger partial charge in [-0.05, 0) is 13.3 Å². The van der Waals surface area contributed by atoms with Gasteiger partial charge in [-0.25, -0.2) is 4.79 Å². The number of hydrogen-bond donors (Lipinski definition) is 1. The highest BCUT2D eigenvalue weighted by Gasteiger charge is 2.07. The zero-order valence-corrected chi connectivity index (χ0v) is 7.67. The molecule has 70 valence electrons. The van der Waals surface area contributed by atoms with Crippen molar-refractivity contribution in [3.63, 3.8) is 0 Å². The molecule has 0 radical (unpaired) electrons. The Morgan fingerprint density at radius 1 is 1.50 bits per heavy atom. The molecule has 0 bridgehead atoms. The molecule has 12 heavy (non-hydrogen) atoms. The second kappa shape index (κ2) is 6.85. The number of carbonyl (C=O) groups is 1. The number of ether oxygens (including phenoxy) is 1. The minimum Gasteiger partial charge on any atom is -0.463 e. The summed E-state index contributed by atoms with van der Waals surface area (Å²) in [6.07, 6.45) is 3.48. The summed E-state index contributed by atoms with van der Waals surface area (Å²) in [6, 6.07) is 0. The van der Waals surface area contributed by atoms with Crippen LogP contribution in [0.25, 0.3) is 0 Å². The van der Waals surface area contributed by atoms with Crippen molar-refractivity contribution in [3.8, 4) is 0 Å². The van der Waals surface area contributed by atoms with Crippen molar-refractivity contribution < 1.29 is 14.6 Å². The third-order valence-electron chi connectivity index (χ3n) is 1.39. The van der Waals surface area contributed by atoms with E-state index in [4.69, 9.17) is 9.84 Å². The molecule has 0 saturated carbocycles. The summed E-state index contributed by atoms with van der Waals surface area (Å²) in [5.74, 6) is -0.409. The van der Waals surface area contributed by atoms with E-state index in [0.29, 0.717) is 12.2 Å². The maximum atomic E-state index is 11.0. The van der Waals surface area contributed by atoms with E-state index >= 15 is 0 Å². The number of esters is 1. The number of aliphatic hydroxyl groups excluding tert-OH is 1. The number of aliphatic hydroxyl groups is 1. The SMILES string of the molecule is CCC/C=C(\CO)C(=O)OCC. The van der Waals surface area contributed by atoms with Gasteiger partial charge in [-0.2, -0.15) is 0 Å². The van der Waals surface area contributed by atoms with Crippen LogP contribution in [0, 0.1) is 0 Å². The first kappa shape index (κ1) is 11.2. The van der Waals surface area contributed by atoms with Gasteiger partial charge in [0.1, 0.15) is 0 Å². The lowest BCUT2D eigenvalue weighted by atomic mass is 10.2. The number of allylic oxidation sites excluding steroid dienone is 1. The Balaban J connectivity index is 4.04. The molecule has 0 spiro atoms. The van der Waals surface area contributed by atoms with E-state index in [-0.39, 0.29) is 6.61 Å². The number of hydrogen-bond acceptors (Lipinski definition) is 3. The zero-order chi connectivity index (χ0) is 9.40. The molecule has 0 atom stereocenters. The quantitative estimate of drug-likeness (QED) is 0.501. The summed E-state index contributed by atoms with van der Waals surface area (Å²) in [4.78, 5) is 11.0. The molecule has 0 aromatic rings. The van der Waals surface area contributed by atoms with Gasteiger partial charge in [0.05, 0.1) is 18.8 Å². The molecule has 0 amide bonds. The minimum absolute atomic E-state index is 0.237. The maximum absolute atomic E-state index is 11.0. The fourth-order valence-electron chi connectivity index (χ4n) is 0.755. The van der Waals surface area contributed by atoms with E-state index in [9.17, 15) is 4.79 Å². The van der Waals surface area contributed by atoms with E-state index in [1.54, 1.807) is 13.0 Å². The number of unbranched alkanes of at least 4 members (excludes halogenated alkanes) is 1. The molecule has 0 unspecified atom stereocenters. The van der Waals surface area contributed by atoms with E-state index in [0.717, 1.165) is 12.8 Å². The van der Waals surface area contributed by atoms with Crippen molar-refractivity contribution in [2.45, 2.75) is 26.7 Å². The molecule has 0 aliphatic carbocycles. The van der Waals surface area contributed by atoms with Crippen molar-refractivity contribution >= 4 is 5.97 Å². The molecule has 0 fully saturated rings. The first-order valence-corrected chi connectivity index (χ1v) is 4.23. The van der Waals surface area contributed by atoms with Crippen LogP contribution < -0.4 is 0 Å². The fourth-order valence-corrected chi connectivity index (χ4v) is 0.755. The normalized spacial score (nSPS) is 11.4. The molecule has 1 N–H and O–H groups in total. The molecule has 0 rings (SSSR count). The lowest BCUT2D eigenvalue weighted by Crippen LogP contribution is -2.10. The molecule has 3 heteroatoms. The van der Waals surface area contributed by atoms with Gasteiger partial charge in [-0.3, -0.25) is 0 Å². The van der Waals surface area contributed by atoms with Crippen molar-refractivity contribution in [1.29, 1.82) is 0 Å². The summed E-state index contributed by atoms with van der Waals surface area (Å²) >= 11 is 0. The van der Waals surface area contributed by atoms with Crippen LogP contribution >= 0.6 is 0 Å². The first-order chi connectivity index (χ1) is 5.76. The second-order valence-corrected chi connectivity index (χ2v) is 2.40. The van der Waals surface area contributed by atoms with E-state index in [1.807, 2.05) is 6.92 Å². The fraction of sp³-hybridized carbons (Fsp3) is 0.667. The Morgan fingerprint density at radius 2 is 2.17 bits per heavy atom. The highest BCUT2D eigenvalue weighted by molar-refractivity contribution is 5.88. The Labute approximate surface area is 73.0 Å². The third kappa shape index (κ3) is 4.13. The molecule has 0 aliphatic rings. The summed E-state index contributed by atoms with van der Waals surface area (Å²) < 4.78 is 4.72. The zero-order valence-electron chi connectivity index (χ0n) is 7.67. The molecule has 3 nitrogen and oxygen atoms in total. The molecule has 0 aliphatic heterocycles. The van der Waals surface area contributed by atoms with Crippen molar-refractivity contribution in [2.24, 2.45) is 0 Å². The average molecular weight is 172 g/mol. The largest absolute Gasteiger partial charge is 0.463 e. The second-order valence-electron chi connectivity index (χ2n) is 2.40. The van der Waals surface area contributed by atoms with Crippen LogP contribution in [0.1, 0.15) is 26.7 Å². The average Bonchev–Trinajstić information content (AvgIpc) is 2.06. The van der Waals surface area contributed by atoms with Gasteiger partial charge in [0.2, 0.25) is 0 Å². The van der Waals surface area contributed by atoms with Gasteiger partial charge in [0, 0.05) is 0 Å². The van der Waals surface area contributed by atoms with E-state index in [2.05, 4.69) is 0 Å². The predicted molar refractivity (Wildman–Crippen MR) is 46.7 cm³/mol. The first-order valence-electron chi connectivity index (χ1n) is 4.23. The number of carbonyl (C=O) groups excluding carboxylic acids is 1. The lowest BCUT2D eigenvalue weighted by molar-refractivity contribution is -0.139. The Bertz CT molecular complexity index is 161. The van der Waals surface area contributed by atoms with Gasteiger partial charge in [0.15, 0.2) is 0 Å². The molecular formula is C9H16O3. The Kier molecular flexibility index (Phi) is 6.38. The standard InChI is InChI=1S/C9H16O3/c1-3-5-6-8(7-10)9(11)12-4-2/h6,10H,3-5,7H2,1-2H3/b8-6+. The minimum atomic E-state index is -0.409. The molecular weight excluding hydrogens is 156 g/mol. The predicted octanol–water partition coefficient (Wildman–Crippen LogP) is 1.27. The Hall–Kier alpha value is -0.830. The summed E-state index contributed by atoms with van der Waals surface area (Å²) in [6.45, 7) is 3.87. The van der Waals surface area contributed by atoms with Crippen LogP contribution in [-0.2, 0) is 9.53 Å². The van der Waals surface area contributed by atoms with Crippen LogP contribution in [0.5, 0.6) is 0 Å². The van der Waals surface area contributed by atoms with Gasteiger partial charge in [-0.1, -0.05) is 19.4 Å².